The number of nitrogens with zero attached hydrogens (tertiary/aromatic N) is 6. The SMILES string of the molecule is CCOC(=O)N1CC(c2c(C#N)cc(Cl)c(C(C)n3nc(C)c4c(N)ncnc43)c2OC)C1. The average molecular weight is 470 g/mol. The molecule has 33 heavy (non-hydrogen) atoms. The third-order valence-corrected chi connectivity index (χ3v) is 6.24. The van der Waals surface area contributed by atoms with Gasteiger partial charge in [0.15, 0.2) is 5.65 Å². The van der Waals surface area contributed by atoms with Crippen molar-refractivity contribution in [3.63, 3.8) is 0 Å². The van der Waals surface area contributed by atoms with Crippen LogP contribution >= 0.6 is 11.6 Å². The fourth-order valence-corrected chi connectivity index (χ4v) is 4.70. The molecule has 10 nitrogen and oxygen atoms in total. The Morgan fingerprint density at radius 1 is 1.42 bits per heavy atom. The fourth-order valence-electron chi connectivity index (χ4n) is 4.35. The number of aromatic nitrogens is 4. The second kappa shape index (κ2) is 8.75. The van der Waals surface area contributed by atoms with E-state index in [0.717, 1.165) is 0 Å². The maximum atomic E-state index is 12.0. The largest absolute Gasteiger partial charge is 0.496 e. The zero-order valence-corrected chi connectivity index (χ0v) is 19.5. The Kier molecular flexibility index (Phi) is 5.99. The van der Waals surface area contributed by atoms with Gasteiger partial charge < -0.3 is 20.1 Å². The predicted octanol–water partition coefficient (Wildman–Crippen LogP) is 3.42. The van der Waals surface area contributed by atoms with E-state index in [2.05, 4.69) is 21.1 Å². The quantitative estimate of drug-likeness (QED) is 0.601. The lowest BCUT2D eigenvalue weighted by Gasteiger charge is -2.39. The molecular weight excluding hydrogens is 446 g/mol. The van der Waals surface area contributed by atoms with Crippen LogP contribution in [0.2, 0.25) is 5.02 Å². The highest BCUT2D eigenvalue weighted by molar-refractivity contribution is 6.31. The van der Waals surface area contributed by atoms with Gasteiger partial charge in [-0.2, -0.15) is 10.4 Å². The number of anilines is 1. The first-order valence-corrected chi connectivity index (χ1v) is 10.9. The molecular formula is C22H24ClN7O3. The Hall–Kier alpha value is -3.58. The molecule has 1 amide bonds. The highest BCUT2D eigenvalue weighted by Crippen LogP contribution is 2.45. The first-order chi connectivity index (χ1) is 15.8. The molecule has 0 spiro atoms. The number of ether oxygens (including phenoxy) is 2. The second-order valence-electron chi connectivity index (χ2n) is 7.84. The highest BCUT2D eigenvalue weighted by atomic mass is 35.5. The van der Waals surface area contributed by atoms with Gasteiger partial charge in [-0.05, 0) is 26.8 Å². The lowest BCUT2D eigenvalue weighted by atomic mass is 9.85. The predicted molar refractivity (Wildman–Crippen MR) is 122 cm³/mol. The molecule has 1 unspecified atom stereocenters. The molecule has 1 fully saturated rings. The van der Waals surface area contributed by atoms with Gasteiger partial charge in [0.05, 0.1) is 47.5 Å². The third kappa shape index (κ3) is 3.68. The number of carbonyl (C=O) groups is 1. The molecule has 11 heteroatoms. The normalized spacial score (nSPS) is 14.6. The van der Waals surface area contributed by atoms with Crippen molar-refractivity contribution in [3.05, 3.63) is 39.8 Å². The van der Waals surface area contributed by atoms with Crippen LogP contribution < -0.4 is 10.5 Å². The molecule has 1 atom stereocenters. The molecule has 1 aromatic carbocycles. The molecule has 0 radical (unpaired) electrons. The molecule has 0 bridgehead atoms. The summed E-state index contributed by atoms with van der Waals surface area (Å²) in [4.78, 5) is 22.1. The van der Waals surface area contributed by atoms with Crippen molar-refractivity contribution >= 4 is 34.5 Å². The average Bonchev–Trinajstić information content (AvgIpc) is 3.10. The molecule has 2 N–H and O–H groups in total. The number of halogens is 1. The van der Waals surface area contributed by atoms with Crippen molar-refractivity contribution in [1.29, 1.82) is 5.26 Å². The molecule has 3 aromatic rings. The lowest BCUT2D eigenvalue weighted by Crippen LogP contribution is -2.49. The van der Waals surface area contributed by atoms with E-state index in [4.69, 9.17) is 26.8 Å². The number of methoxy groups -OCH3 is 1. The van der Waals surface area contributed by atoms with E-state index in [0.29, 0.717) is 69.7 Å². The summed E-state index contributed by atoms with van der Waals surface area (Å²) in [6.07, 6.45) is 1.02. The number of hydrogen-bond donors (Lipinski definition) is 1. The third-order valence-electron chi connectivity index (χ3n) is 5.93. The molecule has 1 aliphatic heterocycles. The maximum absolute atomic E-state index is 12.0. The standard InChI is InChI=1S/C22H24ClN7O3/c1-5-33-22(31)29-8-14(9-29)18-13(7-24)6-15(23)17(19(18)32-4)12(3)30-21-16(11(2)28-30)20(25)26-10-27-21/h6,10,12,14H,5,8-9H2,1-4H3,(H2,25,26,27). The van der Waals surface area contributed by atoms with Crippen LogP contribution in [0, 0.1) is 18.3 Å². The Bertz CT molecular complexity index is 1280. The number of benzene rings is 1. The summed E-state index contributed by atoms with van der Waals surface area (Å²) >= 11 is 6.67. The van der Waals surface area contributed by atoms with Crippen molar-refractivity contribution in [1.82, 2.24) is 24.6 Å². The van der Waals surface area contributed by atoms with Gasteiger partial charge in [-0.15, -0.1) is 0 Å². The summed E-state index contributed by atoms with van der Waals surface area (Å²) in [7, 11) is 1.54. The smallest absolute Gasteiger partial charge is 0.409 e. The van der Waals surface area contributed by atoms with Crippen LogP contribution in [-0.4, -0.2) is 57.5 Å². The van der Waals surface area contributed by atoms with Gasteiger partial charge >= 0.3 is 6.09 Å². The molecule has 0 aliphatic carbocycles. The van der Waals surface area contributed by atoms with Crippen molar-refractivity contribution in [3.8, 4) is 11.8 Å². The minimum Gasteiger partial charge on any atom is -0.496 e. The summed E-state index contributed by atoms with van der Waals surface area (Å²) in [6, 6.07) is 3.47. The molecule has 1 aliphatic rings. The van der Waals surface area contributed by atoms with E-state index in [1.54, 1.807) is 29.7 Å². The molecule has 2 aromatic heterocycles. The molecule has 3 heterocycles. The van der Waals surface area contributed by atoms with E-state index < -0.39 is 0 Å². The van der Waals surface area contributed by atoms with E-state index in [1.165, 1.54) is 6.33 Å². The number of likely N-dealkylation sites (tertiary alicyclic amines) is 1. The van der Waals surface area contributed by atoms with Gasteiger partial charge in [0.2, 0.25) is 0 Å². The first kappa shape index (κ1) is 22.6. The van der Waals surface area contributed by atoms with E-state index in [9.17, 15) is 10.1 Å². The van der Waals surface area contributed by atoms with E-state index >= 15 is 0 Å². The Morgan fingerprint density at radius 3 is 2.79 bits per heavy atom. The summed E-state index contributed by atoms with van der Waals surface area (Å²) in [5.41, 5.74) is 9.12. The summed E-state index contributed by atoms with van der Waals surface area (Å²) < 4.78 is 12.6. The minimum absolute atomic E-state index is 0.0868. The van der Waals surface area contributed by atoms with E-state index in [1.807, 2.05) is 13.8 Å². The number of aryl methyl sites for hydroxylation is 1. The van der Waals surface area contributed by atoms with Crippen molar-refractivity contribution < 1.29 is 14.3 Å². The monoisotopic (exact) mass is 469 g/mol. The van der Waals surface area contributed by atoms with E-state index in [-0.39, 0.29) is 18.1 Å². The number of amides is 1. The number of nitrogens with two attached hydrogens (primary N) is 1. The second-order valence-corrected chi connectivity index (χ2v) is 8.25. The summed E-state index contributed by atoms with van der Waals surface area (Å²) in [5, 5.41) is 15.5. The minimum atomic E-state index is -0.384. The van der Waals surface area contributed by atoms with Crippen LogP contribution in [0.25, 0.3) is 11.0 Å². The Balaban J connectivity index is 1.81. The van der Waals surface area contributed by atoms with Crippen LogP contribution in [0.1, 0.15) is 48.2 Å². The number of carbonyl (C=O) groups excluding carboxylic acids is 1. The number of nitrogen functional groups attached to an aromatic ring is 1. The lowest BCUT2D eigenvalue weighted by molar-refractivity contribution is 0.0746. The van der Waals surface area contributed by atoms with Gasteiger partial charge in [-0.25, -0.2) is 19.4 Å². The molecule has 1 saturated heterocycles. The van der Waals surface area contributed by atoms with Gasteiger partial charge in [0.25, 0.3) is 0 Å². The van der Waals surface area contributed by atoms with Gasteiger partial charge in [0.1, 0.15) is 17.9 Å². The van der Waals surface area contributed by atoms with Crippen LogP contribution in [-0.2, 0) is 4.74 Å². The molecule has 4 rings (SSSR count). The number of hydrogen-bond acceptors (Lipinski definition) is 8. The van der Waals surface area contributed by atoms with Gasteiger partial charge in [-0.1, -0.05) is 11.6 Å². The first-order valence-electron chi connectivity index (χ1n) is 10.5. The van der Waals surface area contributed by atoms with Crippen molar-refractivity contribution in [2.75, 3.05) is 32.5 Å². The Morgan fingerprint density at radius 2 is 2.15 bits per heavy atom. The van der Waals surface area contributed by atoms with Crippen LogP contribution in [0.15, 0.2) is 12.4 Å². The van der Waals surface area contributed by atoms with Gasteiger partial charge in [0, 0.05) is 30.1 Å². The molecule has 0 saturated carbocycles. The zero-order chi connectivity index (χ0) is 23.9. The summed E-state index contributed by atoms with van der Waals surface area (Å²) in [6.45, 7) is 6.68. The van der Waals surface area contributed by atoms with Crippen LogP contribution in [0.4, 0.5) is 10.6 Å². The van der Waals surface area contributed by atoms with Crippen molar-refractivity contribution in [2.45, 2.75) is 32.7 Å². The summed E-state index contributed by atoms with van der Waals surface area (Å²) in [5.74, 6) is 0.766. The highest BCUT2D eigenvalue weighted by Gasteiger charge is 2.38. The van der Waals surface area contributed by atoms with Crippen molar-refractivity contribution in [2.24, 2.45) is 0 Å². The molecule has 172 valence electrons. The maximum Gasteiger partial charge on any atom is 0.409 e. The van der Waals surface area contributed by atoms with Crippen LogP contribution in [0.5, 0.6) is 5.75 Å². The number of fused-ring (bicyclic) bond motifs is 1. The topological polar surface area (TPSA) is 132 Å². The van der Waals surface area contributed by atoms with Gasteiger partial charge in [-0.3, -0.25) is 0 Å². The zero-order valence-electron chi connectivity index (χ0n) is 18.8. The number of nitriles is 1. The fraction of sp³-hybridized carbons (Fsp3) is 0.409. The van der Waals surface area contributed by atoms with Crippen LogP contribution in [0.3, 0.4) is 0 Å². The Labute approximate surface area is 195 Å². The number of rotatable bonds is 5.